The highest BCUT2D eigenvalue weighted by atomic mass is 16.6. The van der Waals surface area contributed by atoms with Gasteiger partial charge in [-0.05, 0) is 25.0 Å². The molecular formula is C14H15NO5. The fraction of sp³-hybridized carbons (Fsp3) is 0.429. The van der Waals surface area contributed by atoms with Crippen LogP contribution in [0.3, 0.4) is 0 Å². The lowest BCUT2D eigenvalue weighted by Crippen LogP contribution is -2.52. The van der Waals surface area contributed by atoms with E-state index in [2.05, 4.69) is 5.32 Å². The molecule has 0 aromatic heterocycles. The van der Waals surface area contributed by atoms with Gasteiger partial charge in [-0.15, -0.1) is 0 Å². The molecule has 1 fully saturated rings. The molecule has 2 N–H and O–H groups in total. The van der Waals surface area contributed by atoms with Gasteiger partial charge in [0.15, 0.2) is 11.5 Å². The molecule has 1 amide bonds. The third-order valence-corrected chi connectivity index (χ3v) is 3.63. The number of hydrogen-bond donors (Lipinski definition) is 2. The van der Waals surface area contributed by atoms with Crippen LogP contribution in [0.15, 0.2) is 24.3 Å². The largest absolute Gasteiger partial charge is 0.485 e. The molecule has 2 aliphatic rings. The van der Waals surface area contributed by atoms with Crippen molar-refractivity contribution in [1.29, 1.82) is 0 Å². The summed E-state index contributed by atoms with van der Waals surface area (Å²) in [6.07, 6.45) is 0.269. The van der Waals surface area contributed by atoms with E-state index in [1.54, 1.807) is 12.1 Å². The Labute approximate surface area is 115 Å². The van der Waals surface area contributed by atoms with Crippen molar-refractivity contribution < 1.29 is 24.2 Å². The van der Waals surface area contributed by atoms with Crippen LogP contribution >= 0.6 is 0 Å². The first-order valence-corrected chi connectivity index (χ1v) is 6.55. The summed E-state index contributed by atoms with van der Waals surface area (Å²) < 4.78 is 11.1. The summed E-state index contributed by atoms with van der Waals surface area (Å²) in [7, 11) is 0. The molecule has 1 heterocycles. The second-order valence-corrected chi connectivity index (χ2v) is 5.08. The van der Waals surface area contributed by atoms with Crippen LogP contribution in [0.5, 0.6) is 11.5 Å². The summed E-state index contributed by atoms with van der Waals surface area (Å²) in [6, 6.07) is 7.10. The third kappa shape index (κ3) is 2.41. The third-order valence-electron chi connectivity index (χ3n) is 3.63. The van der Waals surface area contributed by atoms with E-state index in [0.29, 0.717) is 24.3 Å². The number of ether oxygens (including phenoxy) is 2. The van der Waals surface area contributed by atoms with E-state index in [0.717, 1.165) is 0 Å². The zero-order chi connectivity index (χ0) is 14.1. The average Bonchev–Trinajstić information content (AvgIpc) is 2.41. The molecule has 6 heteroatoms. The zero-order valence-electron chi connectivity index (χ0n) is 10.7. The Morgan fingerprint density at radius 3 is 2.60 bits per heavy atom. The SMILES string of the molecule is O=C(O)C1CC(NC(=O)C2COc3ccccc3O2)C1. The first-order valence-electron chi connectivity index (χ1n) is 6.55. The average molecular weight is 277 g/mol. The number of amides is 1. The molecule has 1 aliphatic carbocycles. The van der Waals surface area contributed by atoms with Crippen molar-refractivity contribution in [3.63, 3.8) is 0 Å². The smallest absolute Gasteiger partial charge is 0.306 e. The van der Waals surface area contributed by atoms with Crippen molar-refractivity contribution in [3.8, 4) is 11.5 Å². The first kappa shape index (κ1) is 12.8. The number of carboxylic acid groups (broad SMARTS) is 1. The van der Waals surface area contributed by atoms with Crippen molar-refractivity contribution in [3.05, 3.63) is 24.3 Å². The lowest BCUT2D eigenvalue weighted by molar-refractivity contribution is -0.147. The predicted molar refractivity (Wildman–Crippen MR) is 68.6 cm³/mol. The fourth-order valence-corrected chi connectivity index (χ4v) is 2.38. The molecule has 1 aliphatic heterocycles. The Morgan fingerprint density at radius 2 is 1.90 bits per heavy atom. The van der Waals surface area contributed by atoms with Gasteiger partial charge in [0.05, 0.1) is 5.92 Å². The van der Waals surface area contributed by atoms with Crippen LogP contribution in [0.1, 0.15) is 12.8 Å². The van der Waals surface area contributed by atoms with Crippen LogP contribution in [0, 0.1) is 5.92 Å². The van der Waals surface area contributed by atoms with Crippen molar-refractivity contribution in [2.45, 2.75) is 25.0 Å². The van der Waals surface area contributed by atoms with E-state index in [-0.39, 0.29) is 24.5 Å². The van der Waals surface area contributed by atoms with Crippen LogP contribution in [0.25, 0.3) is 0 Å². The summed E-state index contributed by atoms with van der Waals surface area (Å²) in [5, 5.41) is 11.6. The van der Waals surface area contributed by atoms with Gasteiger partial charge < -0.3 is 19.9 Å². The number of benzene rings is 1. The topological polar surface area (TPSA) is 84.9 Å². The number of carbonyl (C=O) groups is 2. The minimum absolute atomic E-state index is 0.0793. The molecule has 0 spiro atoms. The maximum absolute atomic E-state index is 12.0. The van der Waals surface area contributed by atoms with Crippen molar-refractivity contribution in [2.75, 3.05) is 6.61 Å². The first-order chi connectivity index (χ1) is 9.63. The molecule has 1 aromatic rings. The van der Waals surface area contributed by atoms with E-state index in [1.807, 2.05) is 12.1 Å². The Balaban J connectivity index is 1.54. The van der Waals surface area contributed by atoms with Gasteiger partial charge in [0, 0.05) is 6.04 Å². The van der Waals surface area contributed by atoms with Crippen LogP contribution in [0.4, 0.5) is 0 Å². The molecule has 1 atom stereocenters. The highest BCUT2D eigenvalue weighted by molar-refractivity contribution is 5.82. The number of carbonyl (C=O) groups excluding carboxylic acids is 1. The maximum Gasteiger partial charge on any atom is 0.306 e. The minimum Gasteiger partial charge on any atom is -0.485 e. The molecule has 0 radical (unpaired) electrons. The molecule has 20 heavy (non-hydrogen) atoms. The molecule has 1 aromatic carbocycles. The number of para-hydroxylation sites is 2. The summed E-state index contributed by atoms with van der Waals surface area (Å²) in [6.45, 7) is 0.165. The van der Waals surface area contributed by atoms with Gasteiger partial charge in [-0.3, -0.25) is 9.59 Å². The van der Waals surface area contributed by atoms with Crippen LogP contribution < -0.4 is 14.8 Å². The number of fused-ring (bicyclic) bond motifs is 1. The summed E-state index contributed by atoms with van der Waals surface area (Å²) in [4.78, 5) is 22.7. The number of aliphatic carboxylic acids is 1. The zero-order valence-corrected chi connectivity index (χ0v) is 10.7. The van der Waals surface area contributed by atoms with Crippen molar-refractivity contribution in [1.82, 2.24) is 5.32 Å². The van der Waals surface area contributed by atoms with E-state index >= 15 is 0 Å². The van der Waals surface area contributed by atoms with Crippen molar-refractivity contribution >= 4 is 11.9 Å². The number of nitrogens with one attached hydrogen (secondary N) is 1. The van der Waals surface area contributed by atoms with Gasteiger partial charge in [0.2, 0.25) is 6.10 Å². The molecule has 0 bridgehead atoms. The number of carboxylic acids is 1. The van der Waals surface area contributed by atoms with Gasteiger partial charge in [-0.1, -0.05) is 12.1 Å². The second kappa shape index (κ2) is 5.03. The van der Waals surface area contributed by atoms with Gasteiger partial charge in [0.1, 0.15) is 6.61 Å². The van der Waals surface area contributed by atoms with E-state index < -0.39 is 12.1 Å². The maximum atomic E-state index is 12.0. The molecule has 3 rings (SSSR count). The standard InChI is InChI=1S/C14H15NO5/c16-13(15-9-5-8(6-9)14(17)18)12-7-19-10-3-1-2-4-11(10)20-12/h1-4,8-9,12H,5-7H2,(H,15,16)(H,17,18). The molecule has 0 saturated heterocycles. The molecule has 1 saturated carbocycles. The summed E-state index contributed by atoms with van der Waals surface area (Å²) in [5.41, 5.74) is 0. The minimum atomic E-state index is -0.804. The summed E-state index contributed by atoms with van der Waals surface area (Å²) in [5.74, 6) is -0.221. The molecular weight excluding hydrogens is 262 g/mol. The fourth-order valence-electron chi connectivity index (χ4n) is 2.38. The Kier molecular flexibility index (Phi) is 3.22. The van der Waals surface area contributed by atoms with Crippen LogP contribution in [-0.2, 0) is 9.59 Å². The normalized spacial score (nSPS) is 27.3. The number of rotatable bonds is 3. The lowest BCUT2D eigenvalue weighted by Gasteiger charge is -2.34. The molecule has 6 nitrogen and oxygen atoms in total. The van der Waals surface area contributed by atoms with Gasteiger partial charge in [-0.2, -0.15) is 0 Å². The quantitative estimate of drug-likeness (QED) is 0.854. The number of hydrogen-bond acceptors (Lipinski definition) is 4. The van der Waals surface area contributed by atoms with E-state index in [1.165, 1.54) is 0 Å². The Bertz CT molecular complexity index is 538. The van der Waals surface area contributed by atoms with Crippen LogP contribution in [0.2, 0.25) is 0 Å². The monoisotopic (exact) mass is 277 g/mol. The highest BCUT2D eigenvalue weighted by Crippen LogP contribution is 2.31. The van der Waals surface area contributed by atoms with E-state index in [4.69, 9.17) is 14.6 Å². The van der Waals surface area contributed by atoms with E-state index in [9.17, 15) is 9.59 Å². The van der Waals surface area contributed by atoms with Crippen LogP contribution in [-0.4, -0.2) is 35.7 Å². The summed E-state index contributed by atoms with van der Waals surface area (Å²) >= 11 is 0. The molecule has 106 valence electrons. The Hall–Kier alpha value is -2.24. The molecule has 1 unspecified atom stereocenters. The highest BCUT2D eigenvalue weighted by Gasteiger charge is 2.37. The lowest BCUT2D eigenvalue weighted by atomic mass is 9.80. The van der Waals surface area contributed by atoms with Gasteiger partial charge >= 0.3 is 5.97 Å². The van der Waals surface area contributed by atoms with Gasteiger partial charge in [-0.25, -0.2) is 0 Å². The van der Waals surface area contributed by atoms with Crippen molar-refractivity contribution in [2.24, 2.45) is 5.92 Å². The predicted octanol–water partition coefficient (Wildman–Crippen LogP) is 0.806. The second-order valence-electron chi connectivity index (χ2n) is 5.08. The van der Waals surface area contributed by atoms with Gasteiger partial charge in [0.25, 0.3) is 5.91 Å². The Morgan fingerprint density at radius 1 is 1.20 bits per heavy atom.